The smallest absolute Gasteiger partial charge is 0.449 e. The van der Waals surface area contributed by atoms with Gasteiger partial charge in [0.1, 0.15) is 0 Å². The Morgan fingerprint density at radius 2 is 1.93 bits per heavy atom. The second kappa shape index (κ2) is 3.43. The van der Waals surface area contributed by atoms with E-state index in [1.165, 1.54) is 7.11 Å². The summed E-state index contributed by atoms with van der Waals surface area (Å²) in [6, 6.07) is 5.23. The summed E-state index contributed by atoms with van der Waals surface area (Å²) in [5.41, 5.74) is 0.651. The van der Waals surface area contributed by atoms with Crippen LogP contribution in [0.5, 0.6) is 11.5 Å². The van der Waals surface area contributed by atoms with Gasteiger partial charge >= 0.3 is 7.12 Å². The third kappa shape index (κ3) is 1.93. The van der Waals surface area contributed by atoms with Gasteiger partial charge in [0.2, 0.25) is 5.79 Å². The second-order valence-corrected chi connectivity index (χ2v) is 3.90. The molecule has 0 radical (unpaired) electrons. The molecule has 0 fully saturated rings. The highest BCUT2D eigenvalue weighted by Crippen LogP contribution is 2.37. The number of hydrogen-bond acceptors (Lipinski definition) is 4. The van der Waals surface area contributed by atoms with E-state index in [0.717, 1.165) is 0 Å². The van der Waals surface area contributed by atoms with Gasteiger partial charge in [-0.15, -0.1) is 0 Å². The zero-order chi connectivity index (χ0) is 11.1. The third-order valence-electron chi connectivity index (χ3n) is 2.19. The van der Waals surface area contributed by atoms with Crippen molar-refractivity contribution >= 4 is 12.6 Å². The topological polar surface area (TPSA) is 47.9 Å². The lowest BCUT2D eigenvalue weighted by Gasteiger charge is -2.16. The average molecular weight is 208 g/mol. The number of ether oxygens (including phenoxy) is 2. The predicted octanol–water partition coefficient (Wildman–Crippen LogP) is 0.528. The first-order valence-corrected chi connectivity index (χ1v) is 4.75. The third-order valence-corrected chi connectivity index (χ3v) is 2.19. The minimum Gasteiger partial charge on any atom is -0.449 e. The van der Waals surface area contributed by atoms with Crippen LogP contribution >= 0.6 is 0 Å². The standard InChI is InChI=1S/C10H13BO4/c1-10(2)14-8-5-4-7(11(12)13-3)6-9(8)15-10/h4-6,12H,1-3H3. The lowest BCUT2D eigenvalue weighted by atomic mass is 9.79. The van der Waals surface area contributed by atoms with Crippen molar-refractivity contribution in [2.45, 2.75) is 19.6 Å². The van der Waals surface area contributed by atoms with E-state index in [2.05, 4.69) is 0 Å². The molecule has 1 heterocycles. The molecule has 0 saturated heterocycles. The van der Waals surface area contributed by atoms with E-state index < -0.39 is 12.9 Å². The van der Waals surface area contributed by atoms with Crippen molar-refractivity contribution in [3.63, 3.8) is 0 Å². The van der Waals surface area contributed by atoms with Crippen molar-refractivity contribution in [1.82, 2.24) is 0 Å². The van der Waals surface area contributed by atoms with Crippen LogP contribution < -0.4 is 14.9 Å². The molecule has 1 N–H and O–H groups in total. The Hall–Kier alpha value is -1.20. The molecule has 1 aliphatic heterocycles. The molecule has 4 nitrogen and oxygen atoms in total. The Bertz CT molecular complexity index is 378. The first kappa shape index (κ1) is 10.3. The van der Waals surface area contributed by atoms with E-state index in [1.54, 1.807) is 18.2 Å². The summed E-state index contributed by atoms with van der Waals surface area (Å²) in [5.74, 6) is 0.680. The monoisotopic (exact) mass is 208 g/mol. The summed E-state index contributed by atoms with van der Waals surface area (Å²) < 4.78 is 15.9. The van der Waals surface area contributed by atoms with Crippen LogP contribution in [0.1, 0.15) is 13.8 Å². The molecule has 1 aromatic rings. The van der Waals surface area contributed by atoms with E-state index in [-0.39, 0.29) is 0 Å². The van der Waals surface area contributed by atoms with Gasteiger partial charge in [-0.1, -0.05) is 6.07 Å². The SMILES string of the molecule is COB(O)c1ccc2c(c1)OC(C)(C)O2. The highest BCUT2D eigenvalue weighted by Gasteiger charge is 2.32. The molecular formula is C10H13BO4. The van der Waals surface area contributed by atoms with Gasteiger partial charge in [-0.05, 0) is 17.6 Å². The van der Waals surface area contributed by atoms with Crippen LogP contribution in [0, 0.1) is 0 Å². The molecule has 5 heteroatoms. The van der Waals surface area contributed by atoms with Crippen LogP contribution in [0.2, 0.25) is 0 Å². The van der Waals surface area contributed by atoms with Crippen LogP contribution in [0.4, 0.5) is 0 Å². The van der Waals surface area contributed by atoms with E-state index in [0.29, 0.717) is 17.0 Å². The summed E-state index contributed by atoms with van der Waals surface area (Å²) in [7, 11) is 0.516. The Balaban J connectivity index is 2.30. The van der Waals surface area contributed by atoms with Gasteiger partial charge in [0, 0.05) is 21.0 Å². The average Bonchev–Trinajstić information content (AvgIpc) is 2.49. The molecule has 1 aromatic carbocycles. The molecule has 0 bridgehead atoms. The summed E-state index contributed by atoms with van der Waals surface area (Å²) in [4.78, 5) is 0. The van der Waals surface area contributed by atoms with Gasteiger partial charge in [0.05, 0.1) is 0 Å². The summed E-state index contributed by atoms with van der Waals surface area (Å²) in [6.07, 6.45) is 0. The van der Waals surface area contributed by atoms with Crippen molar-refractivity contribution in [2.75, 3.05) is 7.11 Å². The van der Waals surface area contributed by atoms with Gasteiger partial charge in [0.25, 0.3) is 0 Å². The molecular weight excluding hydrogens is 195 g/mol. The zero-order valence-electron chi connectivity index (χ0n) is 8.98. The van der Waals surface area contributed by atoms with Gasteiger partial charge in [-0.3, -0.25) is 0 Å². The maximum absolute atomic E-state index is 9.47. The molecule has 0 amide bonds. The number of hydrogen-bond donors (Lipinski definition) is 1. The van der Waals surface area contributed by atoms with E-state index in [4.69, 9.17) is 14.1 Å². The van der Waals surface area contributed by atoms with Crippen molar-refractivity contribution in [3.8, 4) is 11.5 Å². The van der Waals surface area contributed by atoms with Crippen molar-refractivity contribution < 1.29 is 19.2 Å². The molecule has 80 valence electrons. The molecule has 0 aliphatic carbocycles. The Kier molecular flexibility index (Phi) is 2.36. The fraction of sp³-hybridized carbons (Fsp3) is 0.400. The summed E-state index contributed by atoms with van der Waals surface area (Å²) in [6.45, 7) is 3.67. The van der Waals surface area contributed by atoms with Gasteiger partial charge < -0.3 is 19.2 Å². The molecule has 2 rings (SSSR count). The van der Waals surface area contributed by atoms with E-state index >= 15 is 0 Å². The lowest BCUT2D eigenvalue weighted by molar-refractivity contribution is -0.0431. The van der Waals surface area contributed by atoms with Gasteiger partial charge in [0.15, 0.2) is 11.5 Å². The zero-order valence-corrected chi connectivity index (χ0v) is 8.98. The molecule has 15 heavy (non-hydrogen) atoms. The second-order valence-electron chi connectivity index (χ2n) is 3.90. The van der Waals surface area contributed by atoms with E-state index in [1.807, 2.05) is 13.8 Å². The predicted molar refractivity (Wildman–Crippen MR) is 56.4 cm³/mol. The first-order valence-electron chi connectivity index (χ1n) is 4.75. The fourth-order valence-electron chi connectivity index (χ4n) is 1.53. The first-order chi connectivity index (χ1) is 7.02. The summed E-state index contributed by atoms with van der Waals surface area (Å²) in [5, 5.41) is 9.47. The number of fused-ring (bicyclic) bond motifs is 1. The number of benzene rings is 1. The highest BCUT2D eigenvalue weighted by atomic mass is 16.7. The molecule has 0 saturated carbocycles. The largest absolute Gasteiger partial charge is 0.491 e. The molecule has 0 unspecified atom stereocenters. The molecule has 1 aliphatic rings. The van der Waals surface area contributed by atoms with Crippen LogP contribution in [-0.2, 0) is 4.65 Å². The van der Waals surface area contributed by atoms with E-state index in [9.17, 15) is 5.02 Å². The maximum Gasteiger partial charge on any atom is 0.491 e. The minimum atomic E-state index is -0.928. The fourth-order valence-corrected chi connectivity index (χ4v) is 1.53. The van der Waals surface area contributed by atoms with Crippen LogP contribution in [0.3, 0.4) is 0 Å². The lowest BCUT2D eigenvalue weighted by Crippen LogP contribution is -2.32. The van der Waals surface area contributed by atoms with Crippen molar-refractivity contribution in [3.05, 3.63) is 18.2 Å². The number of rotatable bonds is 2. The Morgan fingerprint density at radius 1 is 1.27 bits per heavy atom. The normalized spacial score (nSPS) is 16.5. The van der Waals surface area contributed by atoms with Crippen LogP contribution in [-0.4, -0.2) is 25.0 Å². The quantitative estimate of drug-likeness (QED) is 0.720. The van der Waals surface area contributed by atoms with Gasteiger partial charge in [-0.25, -0.2) is 0 Å². The Morgan fingerprint density at radius 3 is 2.60 bits per heavy atom. The van der Waals surface area contributed by atoms with Crippen molar-refractivity contribution in [1.29, 1.82) is 0 Å². The molecule has 0 atom stereocenters. The minimum absolute atomic E-state index is 0.633. The molecule has 0 spiro atoms. The van der Waals surface area contributed by atoms with Crippen molar-refractivity contribution in [2.24, 2.45) is 0 Å². The molecule has 0 aromatic heterocycles. The van der Waals surface area contributed by atoms with Crippen LogP contribution in [0.25, 0.3) is 0 Å². The maximum atomic E-state index is 9.47. The summed E-state index contributed by atoms with van der Waals surface area (Å²) >= 11 is 0. The highest BCUT2D eigenvalue weighted by molar-refractivity contribution is 6.60. The van der Waals surface area contributed by atoms with Crippen LogP contribution in [0.15, 0.2) is 18.2 Å². The Labute approximate surface area is 88.9 Å². The van der Waals surface area contributed by atoms with Gasteiger partial charge in [-0.2, -0.15) is 0 Å².